The lowest BCUT2D eigenvalue weighted by Crippen LogP contribution is -2.15. The predicted octanol–water partition coefficient (Wildman–Crippen LogP) is 13.9. The van der Waals surface area contributed by atoms with Gasteiger partial charge in [0.2, 0.25) is 0 Å². The van der Waals surface area contributed by atoms with E-state index < -0.39 is 0 Å². The van der Waals surface area contributed by atoms with Crippen molar-refractivity contribution in [1.82, 2.24) is 9.55 Å². The zero-order valence-corrected chi connectivity index (χ0v) is 30.3. The van der Waals surface area contributed by atoms with Crippen LogP contribution in [0.15, 0.2) is 170 Å². The van der Waals surface area contributed by atoms with Crippen LogP contribution in [0.5, 0.6) is 0 Å². The monoisotopic (exact) mass is 694 g/mol. The summed E-state index contributed by atoms with van der Waals surface area (Å²) in [7, 11) is 0. The number of hydrogen-bond acceptors (Lipinski definition) is 2. The third-order valence-electron chi connectivity index (χ3n) is 11.4. The van der Waals surface area contributed by atoms with Crippen molar-refractivity contribution < 1.29 is 0 Å². The molecule has 53 heavy (non-hydrogen) atoms. The van der Waals surface area contributed by atoms with Gasteiger partial charge in [-0.15, -0.1) is 11.3 Å². The number of fused-ring (bicyclic) bond motifs is 8. The van der Waals surface area contributed by atoms with E-state index in [1.807, 2.05) is 0 Å². The summed E-state index contributed by atoms with van der Waals surface area (Å²) in [6, 6.07) is 62.5. The minimum absolute atomic E-state index is 0.101. The summed E-state index contributed by atoms with van der Waals surface area (Å²) in [5, 5.41) is 7.25. The molecular weight excluding hydrogens is 661 g/mol. The van der Waals surface area contributed by atoms with Gasteiger partial charge in [0.1, 0.15) is 5.01 Å². The van der Waals surface area contributed by atoms with Gasteiger partial charge in [-0.1, -0.05) is 141 Å². The van der Waals surface area contributed by atoms with Crippen LogP contribution in [0.25, 0.3) is 92.4 Å². The molecule has 0 amide bonds. The van der Waals surface area contributed by atoms with E-state index in [1.165, 1.54) is 87.5 Å². The van der Waals surface area contributed by atoms with Gasteiger partial charge in [0.15, 0.2) is 0 Å². The minimum Gasteiger partial charge on any atom is -0.309 e. The molecule has 250 valence electrons. The molecular formula is C50H34N2S. The number of para-hydroxylation sites is 1. The number of benzene rings is 8. The van der Waals surface area contributed by atoms with Crippen LogP contribution in [0, 0.1) is 0 Å². The molecule has 0 saturated heterocycles. The molecule has 3 heteroatoms. The Labute approximate surface area is 312 Å². The normalized spacial score (nSPS) is 13.2. The fraction of sp³-hybridized carbons (Fsp3) is 0.0600. The van der Waals surface area contributed by atoms with Crippen LogP contribution in [0.2, 0.25) is 0 Å². The lowest BCUT2D eigenvalue weighted by Gasteiger charge is -2.22. The molecule has 11 rings (SSSR count). The van der Waals surface area contributed by atoms with Crippen LogP contribution in [-0.2, 0) is 5.41 Å². The Balaban J connectivity index is 1.20. The third kappa shape index (κ3) is 4.54. The van der Waals surface area contributed by atoms with Crippen molar-refractivity contribution in [2.24, 2.45) is 0 Å². The second-order valence-electron chi connectivity index (χ2n) is 14.8. The van der Waals surface area contributed by atoms with E-state index in [4.69, 9.17) is 4.98 Å². The molecule has 2 aromatic heterocycles. The van der Waals surface area contributed by atoms with Gasteiger partial charge in [0, 0.05) is 27.6 Å². The molecule has 0 saturated carbocycles. The Hall–Kier alpha value is -6.29. The SMILES string of the molecule is CC1(C)c2ccccc2-c2ccc(-n3c(-c4ccccc4)c(-c4ccccc4)c4cc5c(ccc6cc(-c7nc8ccccc8s7)ccc65)cc43)cc21. The molecule has 0 unspecified atom stereocenters. The quantitative estimate of drug-likeness (QED) is 0.168. The zero-order chi connectivity index (χ0) is 35.3. The van der Waals surface area contributed by atoms with E-state index in [-0.39, 0.29) is 5.41 Å². The fourth-order valence-electron chi connectivity index (χ4n) is 8.84. The van der Waals surface area contributed by atoms with Crippen molar-refractivity contribution in [2.75, 3.05) is 0 Å². The van der Waals surface area contributed by atoms with E-state index in [2.05, 4.69) is 188 Å². The van der Waals surface area contributed by atoms with E-state index in [0.717, 1.165) is 16.1 Å². The maximum absolute atomic E-state index is 4.97. The molecule has 0 N–H and O–H groups in total. The van der Waals surface area contributed by atoms with Crippen molar-refractivity contribution in [3.05, 3.63) is 181 Å². The first-order valence-corrected chi connectivity index (χ1v) is 19.1. The molecule has 0 aliphatic heterocycles. The number of aromatic nitrogens is 2. The Bertz CT molecular complexity index is 3040. The Morgan fingerprint density at radius 3 is 2.02 bits per heavy atom. The van der Waals surface area contributed by atoms with E-state index >= 15 is 0 Å². The molecule has 10 aromatic rings. The smallest absolute Gasteiger partial charge is 0.124 e. The van der Waals surface area contributed by atoms with Gasteiger partial charge in [-0.2, -0.15) is 0 Å². The highest BCUT2D eigenvalue weighted by Gasteiger charge is 2.35. The van der Waals surface area contributed by atoms with Gasteiger partial charge in [0.25, 0.3) is 0 Å². The molecule has 1 aliphatic carbocycles. The molecule has 0 spiro atoms. The summed E-state index contributed by atoms with van der Waals surface area (Å²) < 4.78 is 3.73. The second-order valence-corrected chi connectivity index (χ2v) is 15.8. The second kappa shape index (κ2) is 11.4. The van der Waals surface area contributed by atoms with Gasteiger partial charge in [-0.3, -0.25) is 0 Å². The lowest BCUT2D eigenvalue weighted by atomic mass is 9.82. The molecule has 0 atom stereocenters. The van der Waals surface area contributed by atoms with E-state index in [9.17, 15) is 0 Å². The molecule has 2 heterocycles. The standard InChI is InChI=1S/C50H34N2S/c1-50(2)42-18-10-9-17-38(42)39-26-24-36(29-43(39)50)52-45-28-34-22-21-33-27-35(49-51-44-19-11-12-20-46(44)53-49)23-25-37(33)40(34)30-41(45)47(31-13-5-3-6-14-31)48(52)32-15-7-4-8-16-32/h3-30H,1-2H3. The summed E-state index contributed by atoms with van der Waals surface area (Å²) in [6.45, 7) is 4.73. The highest BCUT2D eigenvalue weighted by atomic mass is 32.1. The van der Waals surface area contributed by atoms with E-state index in [0.29, 0.717) is 0 Å². The minimum atomic E-state index is -0.101. The Morgan fingerprint density at radius 1 is 0.509 bits per heavy atom. The first-order valence-electron chi connectivity index (χ1n) is 18.3. The van der Waals surface area contributed by atoms with Gasteiger partial charge in [-0.05, 0) is 97.4 Å². The maximum atomic E-state index is 4.97. The lowest BCUT2D eigenvalue weighted by molar-refractivity contribution is 0.660. The highest BCUT2D eigenvalue weighted by molar-refractivity contribution is 7.21. The average Bonchev–Trinajstić information content (AvgIpc) is 3.86. The molecule has 0 fully saturated rings. The molecule has 8 aromatic carbocycles. The van der Waals surface area contributed by atoms with Crippen LogP contribution in [0.3, 0.4) is 0 Å². The number of rotatable bonds is 4. The van der Waals surface area contributed by atoms with Crippen molar-refractivity contribution in [3.8, 4) is 49.8 Å². The molecule has 2 nitrogen and oxygen atoms in total. The summed E-state index contributed by atoms with van der Waals surface area (Å²) >= 11 is 1.75. The zero-order valence-electron chi connectivity index (χ0n) is 29.5. The van der Waals surface area contributed by atoms with Gasteiger partial charge in [0.05, 0.1) is 21.4 Å². The number of hydrogen-bond donors (Lipinski definition) is 0. The van der Waals surface area contributed by atoms with Crippen LogP contribution >= 0.6 is 11.3 Å². The number of thiazole rings is 1. The fourth-order valence-corrected chi connectivity index (χ4v) is 9.80. The van der Waals surface area contributed by atoms with Crippen molar-refractivity contribution >= 4 is 54.0 Å². The maximum Gasteiger partial charge on any atom is 0.124 e. The van der Waals surface area contributed by atoms with E-state index in [1.54, 1.807) is 11.3 Å². The molecule has 0 radical (unpaired) electrons. The van der Waals surface area contributed by atoms with Crippen molar-refractivity contribution in [2.45, 2.75) is 19.3 Å². The average molecular weight is 695 g/mol. The Kier molecular flexibility index (Phi) is 6.50. The molecule has 0 bridgehead atoms. The summed E-state index contributed by atoms with van der Waals surface area (Å²) in [4.78, 5) is 4.97. The third-order valence-corrected chi connectivity index (χ3v) is 12.5. The van der Waals surface area contributed by atoms with Crippen LogP contribution in [0.4, 0.5) is 0 Å². The summed E-state index contributed by atoms with van der Waals surface area (Å²) in [5.74, 6) is 0. The van der Waals surface area contributed by atoms with Crippen LogP contribution < -0.4 is 0 Å². The number of nitrogens with zero attached hydrogens (tertiary/aromatic N) is 2. The van der Waals surface area contributed by atoms with Crippen molar-refractivity contribution in [3.63, 3.8) is 0 Å². The van der Waals surface area contributed by atoms with Crippen LogP contribution in [-0.4, -0.2) is 9.55 Å². The van der Waals surface area contributed by atoms with Gasteiger partial charge in [-0.25, -0.2) is 4.98 Å². The predicted molar refractivity (Wildman–Crippen MR) is 225 cm³/mol. The Morgan fingerprint density at radius 2 is 1.21 bits per heavy atom. The van der Waals surface area contributed by atoms with Gasteiger partial charge < -0.3 is 4.57 Å². The first-order chi connectivity index (χ1) is 26.0. The first kappa shape index (κ1) is 30.3. The topological polar surface area (TPSA) is 17.8 Å². The summed E-state index contributed by atoms with van der Waals surface area (Å²) in [5.41, 5.74) is 14.8. The van der Waals surface area contributed by atoms with Crippen molar-refractivity contribution in [1.29, 1.82) is 0 Å². The summed E-state index contributed by atoms with van der Waals surface area (Å²) in [6.07, 6.45) is 0. The molecule has 1 aliphatic rings. The highest BCUT2D eigenvalue weighted by Crippen LogP contribution is 2.51. The van der Waals surface area contributed by atoms with Gasteiger partial charge >= 0.3 is 0 Å². The van der Waals surface area contributed by atoms with Crippen LogP contribution in [0.1, 0.15) is 25.0 Å². The largest absolute Gasteiger partial charge is 0.309 e.